The number of nitrogens with zero attached hydrogens (tertiary/aromatic N) is 2. The van der Waals surface area contributed by atoms with Crippen LogP contribution < -0.4 is 10.2 Å². The zero-order valence-corrected chi connectivity index (χ0v) is 12.4. The van der Waals surface area contributed by atoms with E-state index in [1.165, 1.54) is 0 Å². The molecule has 0 bridgehead atoms. The molecule has 1 N–H and O–H groups in total. The first-order valence-corrected chi connectivity index (χ1v) is 7.10. The summed E-state index contributed by atoms with van der Waals surface area (Å²) in [4.78, 5) is 18.5. The molecular formula is C15H23N3O2. The molecule has 1 amide bonds. The van der Waals surface area contributed by atoms with Crippen LogP contribution in [0.5, 0.6) is 0 Å². The van der Waals surface area contributed by atoms with Crippen LogP contribution in [0.2, 0.25) is 0 Å². The Balaban J connectivity index is 1.96. The first kappa shape index (κ1) is 14.8. The average Bonchev–Trinajstić information content (AvgIpc) is 2.45. The fourth-order valence-electron chi connectivity index (χ4n) is 2.55. The van der Waals surface area contributed by atoms with Crippen molar-refractivity contribution in [2.75, 3.05) is 25.6 Å². The van der Waals surface area contributed by atoms with E-state index >= 15 is 0 Å². The molecule has 1 aromatic heterocycles. The van der Waals surface area contributed by atoms with Crippen LogP contribution in [0.25, 0.3) is 0 Å². The Kier molecular flexibility index (Phi) is 4.95. The SMILES string of the molecule is C[C@@H]1OCCC[C@@H]1C(=O)NCc1cccnc1N(C)C. The average molecular weight is 277 g/mol. The number of hydrogen-bond donors (Lipinski definition) is 1. The van der Waals surface area contributed by atoms with Crippen molar-refractivity contribution in [1.82, 2.24) is 10.3 Å². The lowest BCUT2D eigenvalue weighted by atomic mass is 9.94. The van der Waals surface area contributed by atoms with Gasteiger partial charge in [-0.25, -0.2) is 4.98 Å². The van der Waals surface area contributed by atoms with Gasteiger partial charge in [0.2, 0.25) is 5.91 Å². The molecule has 1 aliphatic heterocycles. The van der Waals surface area contributed by atoms with Gasteiger partial charge in [0, 0.05) is 39.0 Å². The summed E-state index contributed by atoms with van der Waals surface area (Å²) >= 11 is 0. The first-order chi connectivity index (χ1) is 9.59. The predicted octanol–water partition coefficient (Wildman–Crippen LogP) is 1.58. The Hall–Kier alpha value is -1.62. The van der Waals surface area contributed by atoms with Crippen molar-refractivity contribution in [3.8, 4) is 0 Å². The van der Waals surface area contributed by atoms with Crippen LogP contribution in [-0.2, 0) is 16.1 Å². The molecule has 2 rings (SSSR count). The summed E-state index contributed by atoms with van der Waals surface area (Å²) in [6, 6.07) is 3.88. The molecule has 0 spiro atoms. The number of nitrogens with one attached hydrogen (secondary N) is 1. The van der Waals surface area contributed by atoms with Crippen molar-refractivity contribution in [3.05, 3.63) is 23.9 Å². The molecular weight excluding hydrogens is 254 g/mol. The molecule has 5 nitrogen and oxygen atoms in total. The molecule has 1 fully saturated rings. The Morgan fingerprint density at radius 3 is 3.05 bits per heavy atom. The molecule has 2 atom stereocenters. The van der Waals surface area contributed by atoms with Gasteiger partial charge in [0.1, 0.15) is 5.82 Å². The van der Waals surface area contributed by atoms with Crippen LogP contribution in [0.4, 0.5) is 5.82 Å². The Bertz CT molecular complexity index is 462. The van der Waals surface area contributed by atoms with Gasteiger partial charge in [0.25, 0.3) is 0 Å². The number of carbonyl (C=O) groups is 1. The van der Waals surface area contributed by atoms with E-state index in [0.717, 1.165) is 30.8 Å². The van der Waals surface area contributed by atoms with E-state index in [9.17, 15) is 4.79 Å². The quantitative estimate of drug-likeness (QED) is 0.908. The number of aromatic nitrogens is 1. The van der Waals surface area contributed by atoms with Crippen molar-refractivity contribution >= 4 is 11.7 Å². The summed E-state index contributed by atoms with van der Waals surface area (Å²) in [5.74, 6) is 0.926. The smallest absolute Gasteiger partial charge is 0.225 e. The van der Waals surface area contributed by atoms with Crippen molar-refractivity contribution in [2.45, 2.75) is 32.4 Å². The highest BCUT2D eigenvalue weighted by Gasteiger charge is 2.28. The lowest BCUT2D eigenvalue weighted by Crippen LogP contribution is -2.40. The van der Waals surface area contributed by atoms with Crippen molar-refractivity contribution in [1.29, 1.82) is 0 Å². The molecule has 1 saturated heterocycles. The maximum atomic E-state index is 12.2. The number of carbonyl (C=O) groups excluding carboxylic acids is 1. The molecule has 0 aromatic carbocycles. The van der Waals surface area contributed by atoms with Crippen LogP contribution in [0.1, 0.15) is 25.3 Å². The topological polar surface area (TPSA) is 54.5 Å². The molecule has 0 unspecified atom stereocenters. The normalized spacial score (nSPS) is 22.4. The lowest BCUT2D eigenvalue weighted by molar-refractivity contribution is -0.133. The van der Waals surface area contributed by atoms with Crippen molar-refractivity contribution in [2.24, 2.45) is 5.92 Å². The highest BCUT2D eigenvalue weighted by Crippen LogP contribution is 2.21. The van der Waals surface area contributed by atoms with Gasteiger partial charge < -0.3 is 15.0 Å². The second-order valence-corrected chi connectivity index (χ2v) is 5.42. The molecule has 2 heterocycles. The Labute approximate surface area is 120 Å². The number of rotatable bonds is 4. The van der Waals surface area contributed by atoms with E-state index in [0.29, 0.717) is 6.54 Å². The largest absolute Gasteiger partial charge is 0.378 e. The van der Waals surface area contributed by atoms with E-state index < -0.39 is 0 Å². The maximum Gasteiger partial charge on any atom is 0.225 e. The molecule has 0 aliphatic carbocycles. The standard InChI is InChI=1S/C15H23N3O2/c1-11-13(7-5-9-20-11)15(19)17-10-12-6-4-8-16-14(12)18(2)3/h4,6,8,11,13H,5,7,9-10H2,1-3H3,(H,17,19)/t11-,13-/m0/s1. The third kappa shape index (κ3) is 3.48. The summed E-state index contributed by atoms with van der Waals surface area (Å²) in [6.07, 6.45) is 3.63. The number of amides is 1. The lowest BCUT2D eigenvalue weighted by Gasteiger charge is -2.28. The number of pyridine rings is 1. The van der Waals surface area contributed by atoms with Crippen LogP contribution in [0.3, 0.4) is 0 Å². The molecule has 1 aromatic rings. The van der Waals surface area contributed by atoms with Gasteiger partial charge in [-0.15, -0.1) is 0 Å². The fraction of sp³-hybridized carbons (Fsp3) is 0.600. The molecule has 20 heavy (non-hydrogen) atoms. The van der Waals surface area contributed by atoms with Gasteiger partial charge in [-0.2, -0.15) is 0 Å². The van der Waals surface area contributed by atoms with Crippen LogP contribution in [0, 0.1) is 5.92 Å². The van der Waals surface area contributed by atoms with Crippen molar-refractivity contribution in [3.63, 3.8) is 0 Å². The van der Waals surface area contributed by atoms with Crippen molar-refractivity contribution < 1.29 is 9.53 Å². The molecule has 1 aliphatic rings. The summed E-state index contributed by atoms with van der Waals surface area (Å²) in [6.45, 7) is 3.24. The Morgan fingerprint density at radius 1 is 1.55 bits per heavy atom. The minimum Gasteiger partial charge on any atom is -0.378 e. The molecule has 0 saturated carbocycles. The molecule has 0 radical (unpaired) electrons. The van der Waals surface area contributed by atoms with Crippen LogP contribution in [0.15, 0.2) is 18.3 Å². The van der Waals surface area contributed by atoms with E-state index in [4.69, 9.17) is 4.74 Å². The highest BCUT2D eigenvalue weighted by molar-refractivity contribution is 5.79. The van der Waals surface area contributed by atoms with Gasteiger partial charge in [-0.05, 0) is 25.8 Å². The van der Waals surface area contributed by atoms with Gasteiger partial charge in [-0.1, -0.05) is 6.07 Å². The van der Waals surface area contributed by atoms with E-state index in [1.807, 2.05) is 38.1 Å². The third-order valence-electron chi connectivity index (χ3n) is 3.69. The first-order valence-electron chi connectivity index (χ1n) is 7.10. The van der Waals surface area contributed by atoms with Gasteiger partial charge in [0.05, 0.1) is 12.0 Å². The number of hydrogen-bond acceptors (Lipinski definition) is 4. The number of ether oxygens (including phenoxy) is 1. The molecule has 5 heteroatoms. The third-order valence-corrected chi connectivity index (χ3v) is 3.69. The maximum absolute atomic E-state index is 12.2. The van der Waals surface area contributed by atoms with Crippen LogP contribution >= 0.6 is 0 Å². The minimum absolute atomic E-state index is 0.00553. The zero-order valence-electron chi connectivity index (χ0n) is 12.4. The summed E-state index contributed by atoms with van der Waals surface area (Å²) < 4.78 is 5.54. The highest BCUT2D eigenvalue weighted by atomic mass is 16.5. The monoisotopic (exact) mass is 277 g/mol. The number of anilines is 1. The van der Waals surface area contributed by atoms with E-state index in [1.54, 1.807) is 6.20 Å². The second-order valence-electron chi connectivity index (χ2n) is 5.42. The Morgan fingerprint density at radius 2 is 2.35 bits per heavy atom. The zero-order chi connectivity index (χ0) is 14.5. The minimum atomic E-state index is -0.0387. The van der Waals surface area contributed by atoms with Gasteiger partial charge in [-0.3, -0.25) is 4.79 Å². The summed E-state index contributed by atoms with van der Waals surface area (Å²) in [7, 11) is 3.90. The van der Waals surface area contributed by atoms with E-state index in [2.05, 4.69) is 10.3 Å². The summed E-state index contributed by atoms with van der Waals surface area (Å²) in [5.41, 5.74) is 1.02. The second kappa shape index (κ2) is 6.70. The van der Waals surface area contributed by atoms with Gasteiger partial charge >= 0.3 is 0 Å². The van der Waals surface area contributed by atoms with E-state index in [-0.39, 0.29) is 17.9 Å². The molecule has 110 valence electrons. The fourth-order valence-corrected chi connectivity index (χ4v) is 2.55. The predicted molar refractivity (Wildman–Crippen MR) is 78.5 cm³/mol. The van der Waals surface area contributed by atoms with Crippen LogP contribution in [-0.4, -0.2) is 37.7 Å². The summed E-state index contributed by atoms with van der Waals surface area (Å²) in [5, 5.41) is 3.01. The van der Waals surface area contributed by atoms with Gasteiger partial charge in [0.15, 0.2) is 0 Å².